The lowest BCUT2D eigenvalue weighted by atomic mass is 9.95. The summed E-state index contributed by atoms with van der Waals surface area (Å²) >= 11 is 1.27. The summed E-state index contributed by atoms with van der Waals surface area (Å²) < 4.78 is 24.5. The Morgan fingerprint density at radius 2 is 1.97 bits per heavy atom. The lowest BCUT2D eigenvalue weighted by molar-refractivity contribution is -0.139. The zero-order valence-corrected chi connectivity index (χ0v) is 21.5. The van der Waals surface area contributed by atoms with Gasteiger partial charge in [-0.05, 0) is 56.9 Å². The zero-order valence-electron chi connectivity index (χ0n) is 20.7. The number of anilines is 1. The van der Waals surface area contributed by atoms with Crippen molar-refractivity contribution in [3.8, 4) is 11.5 Å². The summed E-state index contributed by atoms with van der Waals surface area (Å²) in [5.74, 6) is 2.11. The first-order valence-corrected chi connectivity index (χ1v) is 13.3. The van der Waals surface area contributed by atoms with Gasteiger partial charge in [0, 0.05) is 25.2 Å². The number of furan rings is 1. The molecule has 0 spiro atoms. The number of piperidine rings is 1. The molecule has 10 heteroatoms. The molecular formula is C27H27N3O6S. The molecule has 1 fully saturated rings. The summed E-state index contributed by atoms with van der Waals surface area (Å²) in [5.41, 5.74) is 1.29. The number of carbonyl (C=O) groups excluding carboxylic acids is 1. The molecule has 1 atom stereocenters. The molecule has 3 aromatic rings. The number of ether oxygens (including phenoxy) is 3. The Labute approximate surface area is 216 Å². The number of esters is 1. The van der Waals surface area contributed by atoms with E-state index < -0.39 is 12.0 Å². The van der Waals surface area contributed by atoms with Crippen LogP contribution in [0.2, 0.25) is 0 Å². The fourth-order valence-corrected chi connectivity index (χ4v) is 6.05. The third-order valence-corrected chi connectivity index (χ3v) is 7.77. The van der Waals surface area contributed by atoms with Crippen LogP contribution < -0.4 is 29.3 Å². The normalized spacial score (nSPS) is 19.1. The smallest absolute Gasteiger partial charge is 0.338 e. The summed E-state index contributed by atoms with van der Waals surface area (Å²) in [6.45, 7) is 5.80. The highest BCUT2D eigenvalue weighted by atomic mass is 32.1. The van der Waals surface area contributed by atoms with Crippen molar-refractivity contribution in [1.29, 1.82) is 0 Å². The van der Waals surface area contributed by atoms with Crippen molar-refractivity contribution >= 4 is 29.3 Å². The minimum atomic E-state index is -0.715. The van der Waals surface area contributed by atoms with Crippen molar-refractivity contribution in [2.24, 2.45) is 4.99 Å². The maximum atomic E-state index is 13.8. The van der Waals surface area contributed by atoms with E-state index in [1.807, 2.05) is 18.2 Å². The molecule has 0 bridgehead atoms. The SMILES string of the molecule is CCOC(=O)C1=C(C)N=c2sc(=Cc3ccc(N4CCCCC4)o3)c(=O)n2C1c1ccc2c(c1)OCO2. The van der Waals surface area contributed by atoms with Crippen LogP contribution in [0.3, 0.4) is 0 Å². The first-order chi connectivity index (χ1) is 18.0. The summed E-state index contributed by atoms with van der Waals surface area (Å²) in [7, 11) is 0. The first-order valence-electron chi connectivity index (χ1n) is 12.5. The average molecular weight is 522 g/mol. The van der Waals surface area contributed by atoms with Crippen LogP contribution in [0.25, 0.3) is 6.08 Å². The standard InChI is InChI=1S/C27H27N3O6S/c1-3-33-26(32)23-16(2)28-27-30(24(23)17-7-9-19-20(13-17)35-15-34-19)25(31)21(37-27)14-18-8-10-22(36-18)29-11-5-4-6-12-29/h7-10,13-14,24H,3-6,11-12,15H2,1-2H3. The summed E-state index contributed by atoms with van der Waals surface area (Å²) in [6.07, 6.45) is 5.29. The molecule has 0 amide bonds. The molecule has 6 rings (SSSR count). The second-order valence-electron chi connectivity index (χ2n) is 9.14. The van der Waals surface area contributed by atoms with Gasteiger partial charge < -0.3 is 23.5 Å². The molecule has 5 heterocycles. The summed E-state index contributed by atoms with van der Waals surface area (Å²) in [5, 5.41) is 0. The third kappa shape index (κ3) is 4.25. The van der Waals surface area contributed by atoms with Crippen molar-refractivity contribution in [3.63, 3.8) is 0 Å². The van der Waals surface area contributed by atoms with Gasteiger partial charge in [0.15, 0.2) is 22.2 Å². The van der Waals surface area contributed by atoms with Crippen molar-refractivity contribution in [2.75, 3.05) is 31.4 Å². The van der Waals surface area contributed by atoms with E-state index in [2.05, 4.69) is 9.89 Å². The van der Waals surface area contributed by atoms with E-state index in [4.69, 9.17) is 18.6 Å². The maximum absolute atomic E-state index is 13.8. The number of aromatic nitrogens is 1. The van der Waals surface area contributed by atoms with Crippen molar-refractivity contribution < 1.29 is 23.4 Å². The second-order valence-corrected chi connectivity index (χ2v) is 10.1. The highest BCUT2D eigenvalue weighted by Crippen LogP contribution is 2.38. The van der Waals surface area contributed by atoms with Crippen LogP contribution in [0, 0.1) is 0 Å². The van der Waals surface area contributed by atoms with Crippen LogP contribution in [-0.2, 0) is 9.53 Å². The monoisotopic (exact) mass is 521 g/mol. The van der Waals surface area contributed by atoms with Gasteiger partial charge in [-0.2, -0.15) is 0 Å². The van der Waals surface area contributed by atoms with Crippen LogP contribution in [0.4, 0.5) is 5.88 Å². The number of hydrogen-bond acceptors (Lipinski definition) is 9. The Bertz CT molecular complexity index is 1570. The van der Waals surface area contributed by atoms with E-state index >= 15 is 0 Å². The summed E-state index contributed by atoms with van der Waals surface area (Å²) in [4.78, 5) is 34.2. The quantitative estimate of drug-likeness (QED) is 0.476. The molecule has 9 nitrogen and oxygen atoms in total. The van der Waals surface area contributed by atoms with Gasteiger partial charge in [0.1, 0.15) is 5.76 Å². The number of thiazole rings is 1. The zero-order chi connectivity index (χ0) is 25.5. The molecule has 1 saturated heterocycles. The molecule has 3 aliphatic rings. The van der Waals surface area contributed by atoms with E-state index in [9.17, 15) is 9.59 Å². The molecular weight excluding hydrogens is 494 g/mol. The highest BCUT2D eigenvalue weighted by molar-refractivity contribution is 7.07. The highest BCUT2D eigenvalue weighted by Gasteiger charge is 2.34. The van der Waals surface area contributed by atoms with Crippen molar-refractivity contribution in [2.45, 2.75) is 39.2 Å². The van der Waals surface area contributed by atoms with Gasteiger partial charge in [-0.1, -0.05) is 17.4 Å². The van der Waals surface area contributed by atoms with E-state index in [0.29, 0.717) is 43.4 Å². The number of allylic oxidation sites excluding steroid dienone is 1. The van der Waals surface area contributed by atoms with Crippen molar-refractivity contribution in [1.82, 2.24) is 4.57 Å². The second kappa shape index (κ2) is 9.59. The number of fused-ring (bicyclic) bond motifs is 2. The fraction of sp³-hybridized carbons (Fsp3) is 0.370. The lowest BCUT2D eigenvalue weighted by Crippen LogP contribution is -2.39. The van der Waals surface area contributed by atoms with Crippen LogP contribution in [0.5, 0.6) is 11.5 Å². The predicted octanol–water partition coefficient (Wildman–Crippen LogP) is 3.11. The molecule has 0 aliphatic carbocycles. The fourth-order valence-electron chi connectivity index (χ4n) is 5.02. The van der Waals surface area contributed by atoms with Crippen LogP contribution in [0.15, 0.2) is 55.8 Å². The van der Waals surface area contributed by atoms with Gasteiger partial charge in [-0.15, -0.1) is 0 Å². The maximum Gasteiger partial charge on any atom is 0.338 e. The topological polar surface area (TPSA) is 95.5 Å². The Hall–Kier alpha value is -3.79. The molecule has 0 radical (unpaired) electrons. The number of rotatable bonds is 5. The van der Waals surface area contributed by atoms with E-state index in [-0.39, 0.29) is 19.0 Å². The lowest BCUT2D eigenvalue weighted by Gasteiger charge is -2.25. The third-order valence-electron chi connectivity index (χ3n) is 6.78. The molecule has 1 aromatic carbocycles. The largest absolute Gasteiger partial charge is 0.463 e. The van der Waals surface area contributed by atoms with Gasteiger partial charge in [0.25, 0.3) is 5.56 Å². The Kier molecular flexibility index (Phi) is 6.11. The molecule has 1 unspecified atom stereocenters. The van der Waals surface area contributed by atoms with Crippen LogP contribution in [0.1, 0.15) is 50.5 Å². The number of carbonyl (C=O) groups is 1. The molecule has 3 aliphatic heterocycles. The number of hydrogen-bond donors (Lipinski definition) is 0. The first kappa shape index (κ1) is 23.6. The van der Waals surface area contributed by atoms with E-state index in [0.717, 1.165) is 31.8 Å². The Morgan fingerprint density at radius 3 is 2.78 bits per heavy atom. The van der Waals surface area contributed by atoms with Gasteiger partial charge >= 0.3 is 5.97 Å². The molecule has 192 valence electrons. The van der Waals surface area contributed by atoms with E-state index in [1.165, 1.54) is 17.8 Å². The van der Waals surface area contributed by atoms with Crippen LogP contribution >= 0.6 is 11.3 Å². The predicted molar refractivity (Wildman–Crippen MR) is 138 cm³/mol. The van der Waals surface area contributed by atoms with E-state index in [1.54, 1.807) is 36.6 Å². The minimum Gasteiger partial charge on any atom is -0.463 e. The van der Waals surface area contributed by atoms with Crippen molar-refractivity contribution in [3.05, 3.63) is 72.6 Å². The Morgan fingerprint density at radius 1 is 1.16 bits per heavy atom. The molecule has 0 saturated carbocycles. The molecule has 2 aromatic heterocycles. The average Bonchev–Trinajstić information content (AvgIpc) is 3.63. The van der Waals surface area contributed by atoms with Gasteiger partial charge in [0.05, 0.1) is 28.5 Å². The summed E-state index contributed by atoms with van der Waals surface area (Å²) in [6, 6.07) is 8.55. The van der Waals surface area contributed by atoms with Gasteiger partial charge in [-0.25, -0.2) is 9.79 Å². The number of nitrogens with zero attached hydrogens (tertiary/aromatic N) is 3. The molecule has 0 N–H and O–H groups in total. The van der Waals surface area contributed by atoms with Gasteiger partial charge in [0.2, 0.25) is 6.79 Å². The van der Waals surface area contributed by atoms with Crippen LogP contribution in [-0.4, -0.2) is 37.0 Å². The van der Waals surface area contributed by atoms with Gasteiger partial charge in [-0.3, -0.25) is 9.36 Å². The Balaban J connectivity index is 1.45. The molecule has 37 heavy (non-hydrogen) atoms. The number of benzene rings is 1. The minimum absolute atomic E-state index is 0.129.